The van der Waals surface area contributed by atoms with Gasteiger partial charge in [0.15, 0.2) is 11.5 Å². The molecule has 0 N–H and O–H groups in total. The lowest BCUT2D eigenvalue weighted by molar-refractivity contribution is -0.137. The SMILES string of the molecule is COC(=O)c1c(C)cc2c(c1OC(C)=O)C(=O)C1=C(OC(C)(C)C=C1OC(C)=O)C2=O. The summed E-state index contributed by atoms with van der Waals surface area (Å²) in [5.41, 5.74) is -1.66. The second-order valence-electron chi connectivity index (χ2n) is 7.58. The van der Waals surface area contributed by atoms with Gasteiger partial charge in [-0.15, -0.1) is 0 Å². The van der Waals surface area contributed by atoms with Gasteiger partial charge in [-0.2, -0.15) is 0 Å². The number of hydrogen-bond donors (Lipinski definition) is 0. The van der Waals surface area contributed by atoms with Gasteiger partial charge in [0.2, 0.25) is 11.6 Å². The molecule has 0 bridgehead atoms. The molecule has 9 nitrogen and oxygen atoms in total. The molecule has 1 heterocycles. The van der Waals surface area contributed by atoms with Crippen molar-refractivity contribution in [3.05, 3.63) is 51.5 Å². The molecule has 9 heteroatoms. The molecule has 0 spiro atoms. The van der Waals surface area contributed by atoms with Crippen LogP contribution in [0, 0.1) is 6.92 Å². The summed E-state index contributed by atoms with van der Waals surface area (Å²) in [6.45, 7) is 7.01. The minimum atomic E-state index is -1.04. The van der Waals surface area contributed by atoms with Crippen molar-refractivity contribution in [2.45, 2.75) is 40.2 Å². The van der Waals surface area contributed by atoms with Crippen LogP contribution in [0.4, 0.5) is 0 Å². The summed E-state index contributed by atoms with van der Waals surface area (Å²) in [7, 11) is 1.13. The Morgan fingerprint density at radius 3 is 2.16 bits per heavy atom. The molecule has 2 aliphatic rings. The van der Waals surface area contributed by atoms with E-state index in [1.165, 1.54) is 19.1 Å². The molecule has 0 radical (unpaired) electrons. The minimum absolute atomic E-state index is 0.106. The fourth-order valence-corrected chi connectivity index (χ4v) is 3.49. The molecule has 1 aromatic carbocycles. The van der Waals surface area contributed by atoms with Crippen LogP contribution in [0.2, 0.25) is 0 Å². The Labute approximate surface area is 177 Å². The van der Waals surface area contributed by atoms with Gasteiger partial charge in [-0.3, -0.25) is 19.2 Å². The second kappa shape index (κ2) is 7.50. The first kappa shape index (κ1) is 21.9. The van der Waals surface area contributed by atoms with Gasteiger partial charge in [0.1, 0.15) is 22.5 Å². The lowest BCUT2D eigenvalue weighted by Crippen LogP contribution is -2.36. The molecule has 0 aromatic heterocycles. The van der Waals surface area contributed by atoms with Gasteiger partial charge in [-0.25, -0.2) is 4.79 Å². The molecule has 3 rings (SSSR count). The van der Waals surface area contributed by atoms with E-state index in [-0.39, 0.29) is 39.3 Å². The number of esters is 3. The Morgan fingerprint density at radius 1 is 1.00 bits per heavy atom. The van der Waals surface area contributed by atoms with Crippen molar-refractivity contribution in [1.82, 2.24) is 0 Å². The van der Waals surface area contributed by atoms with E-state index >= 15 is 0 Å². The number of aryl methyl sites for hydroxylation is 1. The van der Waals surface area contributed by atoms with Crippen LogP contribution in [-0.2, 0) is 23.8 Å². The number of fused-ring (bicyclic) bond motifs is 1. The van der Waals surface area contributed by atoms with Gasteiger partial charge in [0, 0.05) is 25.5 Å². The van der Waals surface area contributed by atoms with Crippen LogP contribution in [0.25, 0.3) is 0 Å². The Balaban J connectivity index is 2.35. The molecule has 1 aliphatic carbocycles. The minimum Gasteiger partial charge on any atom is -0.479 e. The van der Waals surface area contributed by atoms with Crippen molar-refractivity contribution in [2.75, 3.05) is 7.11 Å². The third kappa shape index (κ3) is 3.74. The van der Waals surface area contributed by atoms with E-state index in [1.807, 2.05) is 0 Å². The zero-order chi connectivity index (χ0) is 23.2. The highest BCUT2D eigenvalue weighted by Gasteiger charge is 2.45. The molecule has 0 fully saturated rings. The van der Waals surface area contributed by atoms with E-state index in [4.69, 9.17) is 18.9 Å². The van der Waals surface area contributed by atoms with Crippen LogP contribution >= 0.6 is 0 Å². The van der Waals surface area contributed by atoms with Gasteiger partial charge in [0.05, 0.1) is 12.7 Å². The smallest absolute Gasteiger partial charge is 0.341 e. The second-order valence-corrected chi connectivity index (χ2v) is 7.58. The molecule has 0 saturated heterocycles. The third-order valence-electron chi connectivity index (χ3n) is 4.59. The number of carbonyl (C=O) groups excluding carboxylic acids is 5. The molecular formula is C22H20O9. The number of methoxy groups -OCH3 is 1. The van der Waals surface area contributed by atoms with E-state index < -0.39 is 40.8 Å². The lowest BCUT2D eigenvalue weighted by atomic mass is 9.82. The largest absolute Gasteiger partial charge is 0.479 e. The predicted octanol–water partition coefficient (Wildman–Crippen LogP) is 2.60. The van der Waals surface area contributed by atoms with Crippen LogP contribution in [-0.4, -0.2) is 42.2 Å². The summed E-state index contributed by atoms with van der Waals surface area (Å²) >= 11 is 0. The lowest BCUT2D eigenvalue weighted by Gasteiger charge is -2.34. The topological polar surface area (TPSA) is 122 Å². The quantitative estimate of drug-likeness (QED) is 0.528. The highest BCUT2D eigenvalue weighted by molar-refractivity contribution is 6.29. The number of carbonyl (C=O) groups is 5. The van der Waals surface area contributed by atoms with Crippen LogP contribution in [0.3, 0.4) is 0 Å². The van der Waals surface area contributed by atoms with Crippen LogP contribution < -0.4 is 4.74 Å². The monoisotopic (exact) mass is 428 g/mol. The molecule has 0 amide bonds. The number of ketones is 2. The summed E-state index contributed by atoms with van der Waals surface area (Å²) in [5, 5.41) is 0. The Morgan fingerprint density at radius 2 is 1.61 bits per heavy atom. The van der Waals surface area contributed by atoms with Gasteiger partial charge < -0.3 is 18.9 Å². The number of hydrogen-bond acceptors (Lipinski definition) is 9. The number of benzene rings is 1. The normalized spacial score (nSPS) is 16.5. The first-order valence-electron chi connectivity index (χ1n) is 9.26. The van der Waals surface area contributed by atoms with Crippen LogP contribution in [0.5, 0.6) is 5.75 Å². The van der Waals surface area contributed by atoms with Crippen LogP contribution in [0.1, 0.15) is 64.3 Å². The van der Waals surface area contributed by atoms with Crippen LogP contribution in [0.15, 0.2) is 29.2 Å². The van der Waals surface area contributed by atoms with Crippen molar-refractivity contribution in [2.24, 2.45) is 0 Å². The van der Waals surface area contributed by atoms with E-state index in [2.05, 4.69) is 0 Å². The standard InChI is InChI=1S/C22H20O9/c1-9-7-12-15(19(30-11(3)24)14(9)21(27)28-6)18(26)16-13(29-10(2)23)8-22(4,5)31-20(16)17(12)25/h7-8H,1-6H3. The van der Waals surface area contributed by atoms with Gasteiger partial charge in [-0.1, -0.05) is 0 Å². The van der Waals surface area contributed by atoms with Crippen molar-refractivity contribution in [3.8, 4) is 5.75 Å². The fourth-order valence-electron chi connectivity index (χ4n) is 3.49. The van der Waals surface area contributed by atoms with E-state index in [1.54, 1.807) is 13.8 Å². The number of rotatable bonds is 3. The maximum absolute atomic E-state index is 13.5. The third-order valence-corrected chi connectivity index (χ3v) is 4.59. The number of allylic oxidation sites excluding steroid dienone is 2. The fraction of sp³-hybridized carbons (Fsp3) is 0.318. The highest BCUT2D eigenvalue weighted by atomic mass is 16.6. The van der Waals surface area contributed by atoms with Gasteiger partial charge in [0.25, 0.3) is 0 Å². The Kier molecular flexibility index (Phi) is 5.31. The molecule has 0 atom stereocenters. The summed E-state index contributed by atoms with van der Waals surface area (Å²) < 4.78 is 20.9. The zero-order valence-electron chi connectivity index (χ0n) is 17.8. The van der Waals surface area contributed by atoms with E-state index in [0.717, 1.165) is 21.0 Å². The molecule has 31 heavy (non-hydrogen) atoms. The molecule has 0 unspecified atom stereocenters. The first-order valence-corrected chi connectivity index (χ1v) is 9.26. The van der Waals surface area contributed by atoms with Crippen molar-refractivity contribution in [3.63, 3.8) is 0 Å². The van der Waals surface area contributed by atoms with Gasteiger partial charge >= 0.3 is 17.9 Å². The molecule has 1 aliphatic heterocycles. The first-order chi connectivity index (χ1) is 14.4. The van der Waals surface area contributed by atoms with Crippen molar-refractivity contribution < 1.29 is 42.9 Å². The molecule has 0 saturated carbocycles. The Bertz CT molecular complexity index is 1130. The summed E-state index contributed by atoms with van der Waals surface area (Å²) in [5.74, 6) is -4.69. The van der Waals surface area contributed by atoms with E-state index in [9.17, 15) is 24.0 Å². The predicted molar refractivity (Wildman–Crippen MR) is 105 cm³/mol. The maximum atomic E-state index is 13.5. The molecule has 1 aromatic rings. The van der Waals surface area contributed by atoms with Crippen molar-refractivity contribution >= 4 is 29.5 Å². The average Bonchev–Trinajstić information content (AvgIpc) is 2.63. The van der Waals surface area contributed by atoms with Gasteiger partial charge in [-0.05, 0) is 32.4 Å². The number of ether oxygens (including phenoxy) is 4. The molecular weight excluding hydrogens is 408 g/mol. The zero-order valence-corrected chi connectivity index (χ0v) is 17.8. The Hall–Kier alpha value is -3.75. The number of Topliss-reactive ketones (excluding diaryl/α,β-unsaturated/α-hetero) is 2. The summed E-state index contributed by atoms with van der Waals surface area (Å²) in [6, 6.07) is 1.33. The summed E-state index contributed by atoms with van der Waals surface area (Å²) in [4.78, 5) is 62.5. The maximum Gasteiger partial charge on any atom is 0.341 e. The van der Waals surface area contributed by atoms with E-state index in [0.29, 0.717) is 0 Å². The average molecular weight is 428 g/mol. The molecule has 162 valence electrons. The summed E-state index contributed by atoms with van der Waals surface area (Å²) in [6.07, 6.45) is 1.39. The van der Waals surface area contributed by atoms with Crippen molar-refractivity contribution in [1.29, 1.82) is 0 Å². The highest BCUT2D eigenvalue weighted by Crippen LogP contribution is 2.43.